The number of ether oxygens (including phenoxy) is 4. The van der Waals surface area contributed by atoms with Gasteiger partial charge in [-0.25, -0.2) is 0 Å². The maximum absolute atomic E-state index is 11.6. The molecule has 0 bridgehead atoms. The first kappa shape index (κ1) is 24.5. The monoisotopic (exact) mass is 420 g/mol. The number of hydrogen-bond acceptors (Lipinski definition) is 9. The number of aliphatic hydroxyl groups is 1. The van der Waals surface area contributed by atoms with Gasteiger partial charge in [-0.15, -0.1) is 0 Å². The van der Waals surface area contributed by atoms with Gasteiger partial charge in [0.2, 0.25) is 5.79 Å². The number of esters is 3. The molecule has 1 heterocycles. The van der Waals surface area contributed by atoms with E-state index in [0.717, 1.165) is 6.92 Å². The number of carbonyl (C=O) groups is 3. The minimum atomic E-state index is -2.17. The Kier molecular flexibility index (Phi) is 7.79. The molecule has 28 heavy (non-hydrogen) atoms. The van der Waals surface area contributed by atoms with Gasteiger partial charge in [-0.2, -0.15) is 0 Å². The summed E-state index contributed by atoms with van der Waals surface area (Å²) in [6.07, 6.45) is -3.41. The van der Waals surface area contributed by atoms with Crippen LogP contribution in [0.5, 0.6) is 0 Å². The third kappa shape index (κ3) is 6.26. The van der Waals surface area contributed by atoms with Crippen LogP contribution in [0.2, 0.25) is 18.1 Å². The highest BCUT2D eigenvalue weighted by Crippen LogP contribution is 2.39. The van der Waals surface area contributed by atoms with Crippen molar-refractivity contribution in [2.75, 3.05) is 13.2 Å². The Morgan fingerprint density at radius 2 is 1.57 bits per heavy atom. The number of hydrogen-bond donors (Lipinski definition) is 1. The van der Waals surface area contributed by atoms with E-state index in [0.29, 0.717) is 0 Å². The van der Waals surface area contributed by atoms with Crippen LogP contribution < -0.4 is 0 Å². The van der Waals surface area contributed by atoms with Crippen LogP contribution in [0.1, 0.15) is 41.5 Å². The van der Waals surface area contributed by atoms with Crippen molar-refractivity contribution in [3.63, 3.8) is 0 Å². The fourth-order valence-electron chi connectivity index (χ4n) is 2.47. The van der Waals surface area contributed by atoms with Crippen LogP contribution in [-0.4, -0.2) is 68.6 Å². The zero-order valence-corrected chi connectivity index (χ0v) is 18.9. The first-order chi connectivity index (χ1) is 12.6. The second kappa shape index (κ2) is 8.89. The number of carbonyl (C=O) groups excluding carboxylic acids is 3. The minimum Gasteiger partial charge on any atom is -0.460 e. The summed E-state index contributed by atoms with van der Waals surface area (Å²) in [5, 5.41) is 10.8. The van der Waals surface area contributed by atoms with E-state index in [-0.39, 0.29) is 11.6 Å². The highest BCUT2D eigenvalue weighted by molar-refractivity contribution is 6.74. The Balaban J connectivity index is 3.13. The van der Waals surface area contributed by atoms with Crippen molar-refractivity contribution >= 4 is 26.2 Å². The van der Waals surface area contributed by atoms with Crippen LogP contribution >= 0.6 is 0 Å². The minimum absolute atomic E-state index is 0.00852. The lowest BCUT2D eigenvalue weighted by Gasteiger charge is -2.37. The summed E-state index contributed by atoms with van der Waals surface area (Å²) in [7, 11) is -2.17. The zero-order valence-electron chi connectivity index (χ0n) is 17.9. The van der Waals surface area contributed by atoms with Gasteiger partial charge in [-0.1, -0.05) is 20.8 Å². The maximum atomic E-state index is 11.6. The van der Waals surface area contributed by atoms with Gasteiger partial charge in [0, 0.05) is 20.8 Å². The van der Waals surface area contributed by atoms with Gasteiger partial charge in [0.25, 0.3) is 0 Å². The standard InChI is InChI=1S/C18H32O9Si/c1-11(19)23-10-18(22)16(26-13(3)21)15(25-12(2)20)14(27-18)9-24-28(7,8)17(4,5)6/h14-16,22H,9-10H2,1-8H3/t14-,15-,16+,18?/m1/s1. The Labute approximate surface area is 166 Å². The quantitative estimate of drug-likeness (QED) is 0.371. The summed E-state index contributed by atoms with van der Waals surface area (Å²) < 4.78 is 27.1. The van der Waals surface area contributed by atoms with Crippen LogP contribution in [0.25, 0.3) is 0 Å². The lowest BCUT2D eigenvalue weighted by atomic mass is 10.1. The molecule has 0 radical (unpaired) electrons. The first-order valence-electron chi connectivity index (χ1n) is 9.11. The maximum Gasteiger partial charge on any atom is 0.303 e. The first-order valence-corrected chi connectivity index (χ1v) is 12.0. The topological polar surface area (TPSA) is 118 Å². The molecule has 0 aliphatic carbocycles. The van der Waals surface area contributed by atoms with Crippen molar-refractivity contribution in [1.29, 1.82) is 0 Å². The van der Waals surface area contributed by atoms with Crippen molar-refractivity contribution in [3.8, 4) is 0 Å². The zero-order chi connectivity index (χ0) is 21.9. The fraction of sp³-hybridized carbons (Fsp3) is 0.833. The van der Waals surface area contributed by atoms with Crippen LogP contribution in [0.4, 0.5) is 0 Å². The molecule has 162 valence electrons. The molecule has 0 spiro atoms. The van der Waals surface area contributed by atoms with Gasteiger partial charge in [0.15, 0.2) is 20.5 Å². The molecular formula is C18H32O9Si. The van der Waals surface area contributed by atoms with Crippen LogP contribution in [0, 0.1) is 0 Å². The Morgan fingerprint density at radius 1 is 1.04 bits per heavy atom. The van der Waals surface area contributed by atoms with Crippen molar-refractivity contribution in [3.05, 3.63) is 0 Å². The molecule has 4 atom stereocenters. The molecule has 10 heteroatoms. The van der Waals surface area contributed by atoms with Crippen molar-refractivity contribution in [2.24, 2.45) is 0 Å². The molecule has 1 fully saturated rings. The average molecular weight is 421 g/mol. The summed E-state index contributed by atoms with van der Waals surface area (Å²) in [4.78, 5) is 34.3. The largest absolute Gasteiger partial charge is 0.460 e. The number of rotatable bonds is 7. The predicted octanol–water partition coefficient (Wildman–Crippen LogP) is 1.52. The molecule has 0 aromatic carbocycles. The third-order valence-corrected chi connectivity index (χ3v) is 9.46. The van der Waals surface area contributed by atoms with E-state index >= 15 is 0 Å². The Bertz CT molecular complexity index is 598. The summed E-state index contributed by atoms with van der Waals surface area (Å²) in [5.41, 5.74) is 0. The molecule has 1 aliphatic rings. The fourth-order valence-corrected chi connectivity index (χ4v) is 3.49. The molecule has 0 saturated carbocycles. The molecule has 1 saturated heterocycles. The SMILES string of the molecule is CC(=O)OCC1(O)O[C@H](CO[Si](C)(C)C(C)(C)C)[C@@H](OC(C)=O)[C@@H]1OC(C)=O. The molecule has 1 N–H and O–H groups in total. The van der Waals surface area contributed by atoms with Gasteiger partial charge in [0.05, 0.1) is 6.61 Å². The summed E-state index contributed by atoms with van der Waals surface area (Å²) >= 11 is 0. The third-order valence-electron chi connectivity index (χ3n) is 4.96. The summed E-state index contributed by atoms with van der Waals surface area (Å²) in [5.74, 6) is -4.17. The Morgan fingerprint density at radius 3 is 2.00 bits per heavy atom. The van der Waals surface area contributed by atoms with E-state index in [1.54, 1.807) is 0 Å². The van der Waals surface area contributed by atoms with Gasteiger partial charge in [-0.3, -0.25) is 14.4 Å². The van der Waals surface area contributed by atoms with Gasteiger partial charge >= 0.3 is 17.9 Å². The lowest BCUT2D eigenvalue weighted by molar-refractivity contribution is -0.256. The Hall–Kier alpha value is -1.49. The molecule has 0 amide bonds. The molecule has 9 nitrogen and oxygen atoms in total. The lowest BCUT2D eigenvalue weighted by Crippen LogP contribution is -2.50. The van der Waals surface area contributed by atoms with Crippen LogP contribution in [-0.2, 0) is 37.8 Å². The summed E-state index contributed by atoms with van der Waals surface area (Å²) in [6.45, 7) is 13.2. The van der Waals surface area contributed by atoms with Crippen LogP contribution in [0.15, 0.2) is 0 Å². The highest BCUT2D eigenvalue weighted by Gasteiger charge is 2.59. The van der Waals surface area contributed by atoms with E-state index < -0.39 is 56.9 Å². The van der Waals surface area contributed by atoms with Crippen molar-refractivity contribution in [2.45, 2.75) is 83.8 Å². The predicted molar refractivity (Wildman–Crippen MR) is 101 cm³/mol. The second-order valence-corrected chi connectivity index (χ2v) is 13.3. The highest BCUT2D eigenvalue weighted by atomic mass is 28.4. The smallest absolute Gasteiger partial charge is 0.303 e. The van der Waals surface area contributed by atoms with E-state index in [4.69, 9.17) is 23.4 Å². The van der Waals surface area contributed by atoms with Crippen molar-refractivity contribution < 1.29 is 42.9 Å². The summed E-state index contributed by atoms with van der Waals surface area (Å²) in [6, 6.07) is 0. The van der Waals surface area contributed by atoms with E-state index in [1.807, 2.05) is 13.1 Å². The second-order valence-electron chi connectivity index (χ2n) is 8.46. The van der Waals surface area contributed by atoms with E-state index in [2.05, 4.69) is 20.8 Å². The van der Waals surface area contributed by atoms with E-state index in [9.17, 15) is 19.5 Å². The molecule has 0 aromatic heterocycles. The van der Waals surface area contributed by atoms with Gasteiger partial charge < -0.3 is 28.5 Å². The van der Waals surface area contributed by atoms with Gasteiger partial charge in [0.1, 0.15) is 12.7 Å². The van der Waals surface area contributed by atoms with Crippen LogP contribution in [0.3, 0.4) is 0 Å². The molecule has 0 aromatic rings. The molecular weight excluding hydrogens is 388 g/mol. The van der Waals surface area contributed by atoms with Crippen molar-refractivity contribution in [1.82, 2.24) is 0 Å². The van der Waals surface area contributed by atoms with E-state index in [1.165, 1.54) is 13.8 Å². The normalized spacial score (nSPS) is 28.0. The molecule has 1 aliphatic heterocycles. The van der Waals surface area contributed by atoms with Gasteiger partial charge in [-0.05, 0) is 18.1 Å². The average Bonchev–Trinajstić information content (AvgIpc) is 2.75. The molecule has 1 unspecified atom stereocenters. The molecule has 1 rings (SSSR count).